The maximum Gasteiger partial charge on any atom is 0.166 e. The van der Waals surface area contributed by atoms with E-state index in [-0.39, 0.29) is 5.78 Å². The third-order valence-electron chi connectivity index (χ3n) is 1.52. The van der Waals surface area contributed by atoms with Crippen LogP contribution in [0.5, 0.6) is 0 Å². The zero-order valence-electron chi connectivity index (χ0n) is 6.76. The van der Waals surface area contributed by atoms with Crippen LogP contribution in [0.4, 0.5) is 0 Å². The molecule has 0 unspecified atom stereocenters. The molecule has 0 bridgehead atoms. The second-order valence-electron chi connectivity index (χ2n) is 2.41. The number of hydrogen-bond donors (Lipinski definition) is 1. The number of hydrogen-bond acceptors (Lipinski definition) is 3. The first kappa shape index (κ1) is 9.89. The lowest BCUT2D eigenvalue weighted by Gasteiger charge is -1.97. The molecule has 0 radical (unpaired) electrons. The highest BCUT2D eigenvalue weighted by atomic mass is 79.9. The Bertz CT molecular complexity index is 272. The van der Waals surface area contributed by atoms with E-state index in [1.54, 1.807) is 0 Å². The highest BCUT2D eigenvalue weighted by molar-refractivity contribution is 9.10. The monoisotopic (exact) mass is 247 g/mol. The Kier molecular flexibility index (Phi) is 3.91. The number of Topliss-reactive ketones (excluding diaryl/α,β-unsaturated/α-hetero) is 1. The van der Waals surface area contributed by atoms with E-state index in [1.807, 2.05) is 17.8 Å². The maximum atomic E-state index is 11.4. The Labute approximate surface area is 84.1 Å². The third kappa shape index (κ3) is 2.40. The molecule has 4 heteroatoms. The quantitative estimate of drug-likeness (QED) is 0.828. The van der Waals surface area contributed by atoms with Crippen molar-refractivity contribution in [2.75, 3.05) is 13.6 Å². The predicted octanol–water partition coefficient (Wildman–Crippen LogP) is 2.30. The number of nitrogens with one attached hydrogen (secondary N) is 1. The van der Waals surface area contributed by atoms with Gasteiger partial charge in [0.05, 0.1) is 0 Å². The van der Waals surface area contributed by atoms with Gasteiger partial charge in [0.1, 0.15) is 0 Å². The summed E-state index contributed by atoms with van der Waals surface area (Å²) in [6.45, 7) is 0.737. The van der Waals surface area contributed by atoms with E-state index in [0.717, 1.165) is 16.6 Å². The summed E-state index contributed by atoms with van der Waals surface area (Å²) in [5.74, 6) is 0.192. The highest BCUT2D eigenvalue weighted by Gasteiger charge is 2.09. The number of rotatable bonds is 4. The smallest absolute Gasteiger partial charge is 0.166 e. The van der Waals surface area contributed by atoms with Crippen molar-refractivity contribution in [3.8, 4) is 0 Å². The molecular weight excluding hydrogens is 238 g/mol. The fourth-order valence-electron chi connectivity index (χ4n) is 0.854. The minimum absolute atomic E-state index is 0.192. The first-order valence-electron chi connectivity index (χ1n) is 3.65. The Hall–Kier alpha value is -0.190. The molecule has 66 valence electrons. The number of carbonyl (C=O) groups is 1. The number of thiophene rings is 1. The maximum absolute atomic E-state index is 11.4. The minimum Gasteiger partial charge on any atom is -0.319 e. The Balaban J connectivity index is 2.59. The zero-order valence-corrected chi connectivity index (χ0v) is 9.17. The largest absolute Gasteiger partial charge is 0.319 e. The molecular formula is C8H10BrNOS. The van der Waals surface area contributed by atoms with Crippen molar-refractivity contribution < 1.29 is 4.79 Å². The Morgan fingerprint density at radius 1 is 1.67 bits per heavy atom. The lowest BCUT2D eigenvalue weighted by molar-refractivity contribution is 0.0983. The summed E-state index contributed by atoms with van der Waals surface area (Å²) in [5, 5.41) is 6.75. The van der Waals surface area contributed by atoms with Gasteiger partial charge >= 0.3 is 0 Å². The number of ketones is 1. The van der Waals surface area contributed by atoms with Gasteiger partial charge in [0.15, 0.2) is 5.78 Å². The molecule has 0 fully saturated rings. The fourth-order valence-corrected chi connectivity index (χ4v) is 2.37. The molecule has 2 nitrogen and oxygen atoms in total. The van der Waals surface area contributed by atoms with Crippen molar-refractivity contribution in [2.45, 2.75) is 6.42 Å². The molecule has 0 aliphatic rings. The van der Waals surface area contributed by atoms with E-state index in [0.29, 0.717) is 6.42 Å². The number of halogens is 1. The van der Waals surface area contributed by atoms with Crippen LogP contribution in [0.2, 0.25) is 0 Å². The second-order valence-corrected chi connectivity index (χ2v) is 4.01. The lowest BCUT2D eigenvalue weighted by Crippen LogP contribution is -2.12. The van der Waals surface area contributed by atoms with Gasteiger partial charge in [-0.15, -0.1) is 0 Å². The summed E-state index contributed by atoms with van der Waals surface area (Å²) in [4.78, 5) is 11.4. The third-order valence-corrected chi connectivity index (χ3v) is 3.22. The first-order chi connectivity index (χ1) is 5.75. The van der Waals surface area contributed by atoms with E-state index in [2.05, 4.69) is 21.2 Å². The number of carbonyl (C=O) groups excluding carboxylic acids is 1. The van der Waals surface area contributed by atoms with Crippen LogP contribution in [-0.2, 0) is 0 Å². The topological polar surface area (TPSA) is 29.1 Å². The molecule has 1 N–H and O–H groups in total. The molecule has 1 aromatic heterocycles. The Morgan fingerprint density at radius 2 is 2.42 bits per heavy atom. The molecule has 0 atom stereocenters. The van der Waals surface area contributed by atoms with Gasteiger partial charge in [-0.25, -0.2) is 0 Å². The average Bonchev–Trinajstić information content (AvgIpc) is 2.47. The van der Waals surface area contributed by atoms with Crippen molar-refractivity contribution >= 4 is 33.0 Å². The van der Waals surface area contributed by atoms with Crippen molar-refractivity contribution in [3.63, 3.8) is 0 Å². The first-order valence-corrected chi connectivity index (χ1v) is 5.38. The molecule has 1 aromatic rings. The van der Waals surface area contributed by atoms with Crippen LogP contribution in [0.15, 0.2) is 15.2 Å². The van der Waals surface area contributed by atoms with E-state index >= 15 is 0 Å². The summed E-state index contributed by atoms with van der Waals surface area (Å²) < 4.78 is 0.911. The van der Waals surface area contributed by atoms with Gasteiger partial charge in [0.2, 0.25) is 0 Å². The van der Waals surface area contributed by atoms with Crippen molar-refractivity contribution in [1.29, 1.82) is 0 Å². The van der Waals surface area contributed by atoms with Crippen LogP contribution in [0.3, 0.4) is 0 Å². The lowest BCUT2D eigenvalue weighted by atomic mass is 10.2. The summed E-state index contributed by atoms with van der Waals surface area (Å²) in [5.41, 5.74) is 0.801. The standard InChI is InChI=1S/C8H10BrNOS/c1-10-3-2-8(11)6-4-12-5-7(6)9/h4-5,10H,2-3H2,1H3. The average molecular weight is 248 g/mol. The molecule has 0 aromatic carbocycles. The van der Waals surface area contributed by atoms with E-state index in [9.17, 15) is 4.79 Å². The summed E-state index contributed by atoms with van der Waals surface area (Å²) >= 11 is 4.87. The van der Waals surface area contributed by atoms with Gasteiger partial charge in [-0.3, -0.25) is 4.79 Å². The Morgan fingerprint density at radius 3 is 2.92 bits per heavy atom. The van der Waals surface area contributed by atoms with E-state index in [1.165, 1.54) is 11.3 Å². The highest BCUT2D eigenvalue weighted by Crippen LogP contribution is 2.22. The normalized spacial score (nSPS) is 10.2. The van der Waals surface area contributed by atoms with Crippen LogP contribution >= 0.6 is 27.3 Å². The summed E-state index contributed by atoms with van der Waals surface area (Å²) in [6, 6.07) is 0. The molecule has 1 heterocycles. The molecule has 12 heavy (non-hydrogen) atoms. The molecule has 0 aliphatic heterocycles. The fraction of sp³-hybridized carbons (Fsp3) is 0.375. The van der Waals surface area contributed by atoms with Gasteiger partial charge in [0.25, 0.3) is 0 Å². The van der Waals surface area contributed by atoms with Crippen molar-refractivity contribution in [1.82, 2.24) is 5.32 Å². The molecule has 0 saturated carbocycles. The van der Waals surface area contributed by atoms with Crippen molar-refractivity contribution in [3.05, 3.63) is 20.8 Å². The second kappa shape index (κ2) is 4.74. The van der Waals surface area contributed by atoms with Gasteiger partial charge in [-0.05, 0) is 23.0 Å². The molecule has 0 saturated heterocycles. The minimum atomic E-state index is 0.192. The molecule has 0 aliphatic carbocycles. The van der Waals surface area contributed by atoms with Crippen LogP contribution in [-0.4, -0.2) is 19.4 Å². The van der Waals surface area contributed by atoms with Crippen LogP contribution in [0.25, 0.3) is 0 Å². The van der Waals surface area contributed by atoms with Gasteiger partial charge in [-0.1, -0.05) is 0 Å². The van der Waals surface area contributed by atoms with Crippen molar-refractivity contribution in [2.24, 2.45) is 0 Å². The molecule has 1 rings (SSSR count). The van der Waals surface area contributed by atoms with Crippen LogP contribution < -0.4 is 5.32 Å². The molecule has 0 amide bonds. The van der Waals surface area contributed by atoms with Gasteiger partial charge in [0, 0.05) is 33.8 Å². The SMILES string of the molecule is CNCCC(=O)c1cscc1Br. The van der Waals surface area contributed by atoms with E-state index in [4.69, 9.17) is 0 Å². The van der Waals surface area contributed by atoms with E-state index < -0.39 is 0 Å². The van der Waals surface area contributed by atoms with Crippen LogP contribution in [0.1, 0.15) is 16.8 Å². The summed E-state index contributed by atoms with van der Waals surface area (Å²) in [7, 11) is 1.84. The molecule has 0 spiro atoms. The van der Waals surface area contributed by atoms with Crippen LogP contribution in [0, 0.1) is 0 Å². The summed E-state index contributed by atoms with van der Waals surface area (Å²) in [6.07, 6.45) is 0.561. The van der Waals surface area contributed by atoms with Gasteiger partial charge < -0.3 is 5.32 Å². The van der Waals surface area contributed by atoms with Gasteiger partial charge in [-0.2, -0.15) is 11.3 Å². The zero-order chi connectivity index (χ0) is 8.97. The predicted molar refractivity (Wildman–Crippen MR) is 54.9 cm³/mol.